The zero-order valence-electron chi connectivity index (χ0n) is 7.25. The maximum absolute atomic E-state index is 13.1. The lowest BCUT2D eigenvalue weighted by molar-refractivity contribution is 0.0693. The van der Waals surface area contributed by atoms with Crippen LogP contribution in [0.1, 0.15) is 10.4 Å². The first-order valence-electron chi connectivity index (χ1n) is 3.86. The minimum atomic E-state index is -1.32. The average Bonchev–Trinajstić information content (AvgIpc) is 2.14. The van der Waals surface area contributed by atoms with Crippen LogP contribution in [0.4, 0.5) is 10.1 Å². The smallest absolute Gasteiger partial charge is 0.340 e. The summed E-state index contributed by atoms with van der Waals surface area (Å²) < 4.78 is 13.1. The third-order valence-electron chi connectivity index (χ3n) is 1.61. The Balaban J connectivity index is 3.09. The molecule has 0 atom stereocenters. The highest BCUT2D eigenvalue weighted by Crippen LogP contribution is 2.18. The lowest BCUT2D eigenvalue weighted by atomic mass is 10.1. The third kappa shape index (κ3) is 2.02. The molecule has 14 heavy (non-hydrogen) atoms. The number of terminal acetylenes is 1. The van der Waals surface area contributed by atoms with Crippen LogP contribution in [0, 0.1) is 18.2 Å². The van der Waals surface area contributed by atoms with Gasteiger partial charge in [0.05, 0.1) is 12.2 Å². The van der Waals surface area contributed by atoms with Crippen LogP contribution in [0.15, 0.2) is 18.2 Å². The van der Waals surface area contributed by atoms with E-state index in [-0.39, 0.29) is 17.8 Å². The molecule has 1 rings (SSSR count). The molecule has 1 aromatic rings. The van der Waals surface area contributed by atoms with Gasteiger partial charge in [0.25, 0.3) is 0 Å². The molecule has 0 amide bonds. The molecule has 0 fully saturated rings. The normalized spacial score (nSPS) is 9.14. The predicted octanol–water partition coefficient (Wildman–Crippen LogP) is 1.57. The van der Waals surface area contributed by atoms with Gasteiger partial charge in [-0.15, -0.1) is 6.42 Å². The Bertz CT molecular complexity index is 396. The predicted molar refractivity (Wildman–Crippen MR) is 50.7 cm³/mol. The van der Waals surface area contributed by atoms with Crippen LogP contribution < -0.4 is 5.32 Å². The van der Waals surface area contributed by atoms with Gasteiger partial charge >= 0.3 is 5.97 Å². The van der Waals surface area contributed by atoms with E-state index < -0.39 is 11.8 Å². The van der Waals surface area contributed by atoms with Gasteiger partial charge in [0.2, 0.25) is 0 Å². The van der Waals surface area contributed by atoms with Gasteiger partial charge in [-0.1, -0.05) is 12.0 Å². The van der Waals surface area contributed by atoms with Crippen LogP contribution in [-0.2, 0) is 0 Å². The molecule has 72 valence electrons. The fraction of sp³-hybridized carbons (Fsp3) is 0.100. The number of halogens is 1. The number of carboxylic acids is 1. The second-order valence-corrected chi connectivity index (χ2v) is 2.53. The van der Waals surface area contributed by atoms with Crippen LogP contribution in [0.5, 0.6) is 0 Å². The molecule has 3 nitrogen and oxygen atoms in total. The van der Waals surface area contributed by atoms with Crippen molar-refractivity contribution in [1.82, 2.24) is 0 Å². The zero-order valence-corrected chi connectivity index (χ0v) is 7.25. The van der Waals surface area contributed by atoms with Crippen molar-refractivity contribution in [2.45, 2.75) is 0 Å². The van der Waals surface area contributed by atoms with Crippen LogP contribution in [0.25, 0.3) is 0 Å². The minimum absolute atomic E-state index is 0.156. The summed E-state index contributed by atoms with van der Waals surface area (Å²) in [6.07, 6.45) is 4.99. The number of rotatable bonds is 3. The molecule has 0 spiro atoms. The molecule has 1 aromatic carbocycles. The van der Waals surface area contributed by atoms with Gasteiger partial charge in [0, 0.05) is 0 Å². The number of hydrogen-bond acceptors (Lipinski definition) is 2. The van der Waals surface area contributed by atoms with Crippen molar-refractivity contribution in [3.63, 3.8) is 0 Å². The Hall–Kier alpha value is -2.02. The fourth-order valence-corrected chi connectivity index (χ4v) is 1.04. The van der Waals surface area contributed by atoms with Crippen molar-refractivity contribution in [2.24, 2.45) is 0 Å². The monoisotopic (exact) mass is 193 g/mol. The number of aromatic carboxylic acids is 1. The van der Waals surface area contributed by atoms with E-state index in [0.29, 0.717) is 0 Å². The van der Waals surface area contributed by atoms with Crippen molar-refractivity contribution in [2.75, 3.05) is 11.9 Å². The Morgan fingerprint density at radius 2 is 2.36 bits per heavy atom. The highest BCUT2D eigenvalue weighted by Gasteiger charge is 2.14. The minimum Gasteiger partial charge on any atom is -0.478 e. The summed E-state index contributed by atoms with van der Waals surface area (Å²) in [6, 6.07) is 3.97. The van der Waals surface area contributed by atoms with E-state index in [1.54, 1.807) is 0 Å². The maximum Gasteiger partial charge on any atom is 0.340 e. The number of anilines is 1. The molecular weight excluding hydrogens is 185 g/mol. The molecule has 0 unspecified atom stereocenters. The molecule has 0 radical (unpaired) electrons. The lowest BCUT2D eigenvalue weighted by Crippen LogP contribution is -2.08. The third-order valence-corrected chi connectivity index (χ3v) is 1.61. The summed E-state index contributed by atoms with van der Waals surface area (Å²) in [7, 11) is 0. The van der Waals surface area contributed by atoms with Crippen LogP contribution in [-0.4, -0.2) is 17.6 Å². The molecule has 0 aliphatic rings. The van der Waals surface area contributed by atoms with Crippen molar-refractivity contribution in [1.29, 1.82) is 0 Å². The molecule has 0 aliphatic carbocycles. The van der Waals surface area contributed by atoms with Crippen LogP contribution in [0.3, 0.4) is 0 Å². The lowest BCUT2D eigenvalue weighted by Gasteiger charge is -2.06. The Kier molecular flexibility index (Phi) is 3.08. The SMILES string of the molecule is C#CCNc1cccc(F)c1C(=O)O. The topological polar surface area (TPSA) is 49.3 Å². The molecule has 0 bridgehead atoms. The molecule has 2 N–H and O–H groups in total. The molecule has 0 aromatic heterocycles. The van der Waals surface area contributed by atoms with Crippen LogP contribution >= 0.6 is 0 Å². The van der Waals surface area contributed by atoms with Gasteiger partial charge < -0.3 is 10.4 Å². The Morgan fingerprint density at radius 3 is 2.93 bits per heavy atom. The number of benzene rings is 1. The van der Waals surface area contributed by atoms with Gasteiger partial charge in [-0.3, -0.25) is 0 Å². The number of hydrogen-bond donors (Lipinski definition) is 2. The van der Waals surface area contributed by atoms with E-state index in [9.17, 15) is 9.18 Å². The second kappa shape index (κ2) is 4.28. The van der Waals surface area contributed by atoms with Crippen molar-refractivity contribution in [3.8, 4) is 12.3 Å². The van der Waals surface area contributed by atoms with E-state index in [0.717, 1.165) is 6.07 Å². The van der Waals surface area contributed by atoms with Gasteiger partial charge in [-0.2, -0.15) is 0 Å². The zero-order chi connectivity index (χ0) is 10.6. The van der Waals surface area contributed by atoms with E-state index in [4.69, 9.17) is 11.5 Å². The van der Waals surface area contributed by atoms with Gasteiger partial charge in [0.15, 0.2) is 0 Å². The van der Waals surface area contributed by atoms with Crippen molar-refractivity contribution in [3.05, 3.63) is 29.6 Å². The summed E-state index contributed by atoms with van der Waals surface area (Å²) in [6.45, 7) is 0.156. The molecule has 0 saturated heterocycles. The number of carbonyl (C=O) groups is 1. The summed E-state index contributed by atoms with van der Waals surface area (Å²) in [5.41, 5.74) is -0.196. The summed E-state index contributed by atoms with van der Waals surface area (Å²) >= 11 is 0. The second-order valence-electron chi connectivity index (χ2n) is 2.53. The molecular formula is C10H8FNO2. The highest BCUT2D eigenvalue weighted by atomic mass is 19.1. The Labute approximate surface area is 80.6 Å². The maximum atomic E-state index is 13.1. The van der Waals surface area contributed by atoms with Crippen molar-refractivity contribution >= 4 is 11.7 Å². The Morgan fingerprint density at radius 1 is 1.64 bits per heavy atom. The largest absolute Gasteiger partial charge is 0.478 e. The standard InChI is InChI=1S/C10H8FNO2/c1-2-6-12-8-5-3-4-7(11)9(8)10(13)14/h1,3-5,12H,6H2,(H,13,14). The highest BCUT2D eigenvalue weighted by molar-refractivity contribution is 5.94. The van der Waals surface area contributed by atoms with Gasteiger partial charge in [0.1, 0.15) is 11.4 Å². The van der Waals surface area contributed by atoms with E-state index in [2.05, 4.69) is 11.2 Å². The molecule has 0 heterocycles. The van der Waals surface area contributed by atoms with Crippen molar-refractivity contribution < 1.29 is 14.3 Å². The molecule has 0 saturated carbocycles. The first-order valence-corrected chi connectivity index (χ1v) is 3.86. The number of nitrogens with one attached hydrogen (secondary N) is 1. The summed E-state index contributed by atoms with van der Waals surface area (Å²) in [5.74, 6) is 0.180. The molecule has 0 aliphatic heterocycles. The quantitative estimate of drug-likeness (QED) is 0.716. The number of carboxylic acid groups (broad SMARTS) is 1. The first-order chi connectivity index (χ1) is 6.66. The summed E-state index contributed by atoms with van der Waals surface area (Å²) in [4.78, 5) is 10.7. The van der Waals surface area contributed by atoms with Gasteiger partial charge in [-0.25, -0.2) is 9.18 Å². The van der Waals surface area contributed by atoms with Crippen LogP contribution in [0.2, 0.25) is 0 Å². The van der Waals surface area contributed by atoms with E-state index in [1.165, 1.54) is 12.1 Å². The molecule has 4 heteroatoms. The first kappa shape index (κ1) is 10.1. The van der Waals surface area contributed by atoms with E-state index in [1.807, 2.05) is 0 Å². The average molecular weight is 193 g/mol. The summed E-state index contributed by atoms with van der Waals surface area (Å²) in [5, 5.41) is 11.3. The van der Waals surface area contributed by atoms with Gasteiger partial charge in [-0.05, 0) is 12.1 Å². The fourth-order valence-electron chi connectivity index (χ4n) is 1.04. The van der Waals surface area contributed by atoms with E-state index >= 15 is 0 Å².